The predicted molar refractivity (Wildman–Crippen MR) is 75.2 cm³/mol. The molecule has 0 radical (unpaired) electrons. The number of hydrogen-bond donors (Lipinski definition) is 2. The molecular weight excluding hydrogens is 242 g/mol. The van der Waals surface area contributed by atoms with E-state index >= 15 is 0 Å². The zero-order valence-electron chi connectivity index (χ0n) is 12.5. The van der Waals surface area contributed by atoms with E-state index < -0.39 is 6.10 Å². The summed E-state index contributed by atoms with van der Waals surface area (Å²) in [6.45, 7) is 5.49. The van der Waals surface area contributed by atoms with E-state index in [0.717, 1.165) is 19.3 Å². The maximum Gasteiger partial charge on any atom is 0.0897 e. The van der Waals surface area contributed by atoms with Gasteiger partial charge < -0.3 is 19.9 Å². The average molecular weight is 271 g/mol. The quantitative estimate of drug-likeness (QED) is 0.740. The van der Waals surface area contributed by atoms with Crippen molar-refractivity contribution in [3.8, 4) is 0 Å². The van der Waals surface area contributed by atoms with E-state index in [1.807, 2.05) is 0 Å². The molecule has 2 aliphatic rings. The Labute approximate surface area is 116 Å². The minimum Gasteiger partial charge on any atom is -0.389 e. The molecule has 0 aromatic carbocycles. The number of aliphatic hydroxyl groups excluding tert-OH is 1. The van der Waals surface area contributed by atoms with Crippen molar-refractivity contribution in [3.63, 3.8) is 0 Å². The molecular formula is C15H29NO3. The van der Waals surface area contributed by atoms with Gasteiger partial charge in [-0.15, -0.1) is 0 Å². The average Bonchev–Trinajstić information content (AvgIpc) is 2.88. The second kappa shape index (κ2) is 6.53. The summed E-state index contributed by atoms with van der Waals surface area (Å²) in [7, 11) is 1.77. The number of nitrogens with one attached hydrogen (secondary N) is 1. The molecule has 0 saturated heterocycles. The highest BCUT2D eigenvalue weighted by Crippen LogP contribution is 2.42. The summed E-state index contributed by atoms with van der Waals surface area (Å²) in [6, 6.07) is 0.429. The third-order valence-electron chi connectivity index (χ3n) is 4.89. The molecule has 2 N–H and O–H groups in total. The van der Waals surface area contributed by atoms with Gasteiger partial charge in [-0.1, -0.05) is 26.7 Å². The smallest absolute Gasteiger partial charge is 0.0897 e. The third-order valence-corrected chi connectivity index (χ3v) is 4.89. The summed E-state index contributed by atoms with van der Waals surface area (Å²) in [5.41, 5.74) is 0.154. The van der Waals surface area contributed by atoms with E-state index in [2.05, 4.69) is 19.2 Å². The van der Waals surface area contributed by atoms with Gasteiger partial charge in [0.15, 0.2) is 0 Å². The summed E-state index contributed by atoms with van der Waals surface area (Å²) in [6.07, 6.45) is 6.19. The lowest BCUT2D eigenvalue weighted by Crippen LogP contribution is -2.61. The van der Waals surface area contributed by atoms with Crippen LogP contribution in [-0.4, -0.2) is 49.7 Å². The van der Waals surface area contributed by atoms with Crippen LogP contribution in [0.15, 0.2) is 0 Å². The molecule has 19 heavy (non-hydrogen) atoms. The number of rotatable bonds is 7. The summed E-state index contributed by atoms with van der Waals surface area (Å²) in [5.74, 6) is 0. The predicted octanol–water partition coefficient (Wildman–Crippen LogP) is 1.71. The second-order valence-corrected chi connectivity index (χ2v) is 6.64. The fourth-order valence-electron chi connectivity index (χ4n) is 3.27. The molecule has 0 aliphatic heterocycles. The Morgan fingerprint density at radius 1 is 1.32 bits per heavy atom. The first kappa shape index (κ1) is 15.2. The van der Waals surface area contributed by atoms with Crippen molar-refractivity contribution in [1.29, 1.82) is 0 Å². The summed E-state index contributed by atoms with van der Waals surface area (Å²) >= 11 is 0. The normalized spacial score (nSPS) is 32.2. The Balaban J connectivity index is 1.60. The SMILES string of the molecule is COC1CC(NCC(O)COC2CCCC2)C1(C)C. The molecule has 2 aliphatic carbocycles. The first-order chi connectivity index (χ1) is 9.04. The topological polar surface area (TPSA) is 50.7 Å². The molecule has 2 rings (SSSR count). The van der Waals surface area contributed by atoms with Gasteiger partial charge in [-0.05, 0) is 19.3 Å². The molecule has 0 aromatic heterocycles. The van der Waals surface area contributed by atoms with Gasteiger partial charge in [0.05, 0.1) is 24.9 Å². The number of hydrogen-bond acceptors (Lipinski definition) is 4. The Morgan fingerprint density at radius 2 is 2.00 bits per heavy atom. The van der Waals surface area contributed by atoms with Crippen molar-refractivity contribution in [2.75, 3.05) is 20.3 Å². The Morgan fingerprint density at radius 3 is 2.58 bits per heavy atom. The van der Waals surface area contributed by atoms with Gasteiger partial charge >= 0.3 is 0 Å². The van der Waals surface area contributed by atoms with Crippen molar-refractivity contribution in [2.45, 2.75) is 70.3 Å². The van der Waals surface area contributed by atoms with Crippen LogP contribution in [0, 0.1) is 5.41 Å². The molecule has 0 aromatic rings. The molecule has 2 fully saturated rings. The van der Waals surface area contributed by atoms with Gasteiger partial charge in [-0.25, -0.2) is 0 Å². The fraction of sp³-hybridized carbons (Fsp3) is 1.00. The minimum absolute atomic E-state index is 0.154. The van der Waals surface area contributed by atoms with E-state index in [-0.39, 0.29) is 5.41 Å². The van der Waals surface area contributed by atoms with Crippen molar-refractivity contribution >= 4 is 0 Å². The Bertz CT molecular complexity index is 277. The van der Waals surface area contributed by atoms with E-state index in [0.29, 0.717) is 31.4 Å². The van der Waals surface area contributed by atoms with Crippen LogP contribution in [0.5, 0.6) is 0 Å². The van der Waals surface area contributed by atoms with Gasteiger partial charge in [0, 0.05) is 25.1 Å². The van der Waals surface area contributed by atoms with Crippen LogP contribution in [0.25, 0.3) is 0 Å². The molecule has 4 heteroatoms. The van der Waals surface area contributed by atoms with E-state index in [4.69, 9.17) is 9.47 Å². The van der Waals surface area contributed by atoms with Gasteiger partial charge in [0.2, 0.25) is 0 Å². The highest BCUT2D eigenvalue weighted by molar-refractivity contribution is 5.02. The maximum atomic E-state index is 9.95. The van der Waals surface area contributed by atoms with E-state index in [1.165, 1.54) is 12.8 Å². The van der Waals surface area contributed by atoms with Crippen LogP contribution in [0.3, 0.4) is 0 Å². The third kappa shape index (κ3) is 3.69. The van der Waals surface area contributed by atoms with Crippen molar-refractivity contribution in [1.82, 2.24) is 5.32 Å². The first-order valence-electron chi connectivity index (χ1n) is 7.60. The number of methoxy groups -OCH3 is 1. The monoisotopic (exact) mass is 271 g/mol. The Kier molecular flexibility index (Phi) is 5.23. The molecule has 2 saturated carbocycles. The lowest BCUT2D eigenvalue weighted by atomic mass is 9.64. The van der Waals surface area contributed by atoms with E-state index in [1.54, 1.807) is 7.11 Å². The van der Waals surface area contributed by atoms with Gasteiger partial charge in [-0.2, -0.15) is 0 Å². The van der Waals surface area contributed by atoms with Gasteiger partial charge in [0.25, 0.3) is 0 Å². The van der Waals surface area contributed by atoms with Crippen molar-refractivity contribution in [2.24, 2.45) is 5.41 Å². The molecule has 3 atom stereocenters. The maximum absolute atomic E-state index is 9.95. The molecule has 0 spiro atoms. The van der Waals surface area contributed by atoms with Crippen LogP contribution < -0.4 is 5.32 Å². The second-order valence-electron chi connectivity index (χ2n) is 6.64. The highest BCUT2D eigenvalue weighted by atomic mass is 16.5. The van der Waals surface area contributed by atoms with Crippen LogP contribution in [0.4, 0.5) is 0 Å². The van der Waals surface area contributed by atoms with Gasteiger partial charge in [-0.3, -0.25) is 0 Å². The standard InChI is InChI=1S/C15H29NO3/c1-15(2)13(8-14(15)18-3)16-9-11(17)10-19-12-6-4-5-7-12/h11-14,16-17H,4-10H2,1-3H3. The molecule has 0 heterocycles. The van der Waals surface area contributed by atoms with E-state index in [9.17, 15) is 5.11 Å². The Hall–Kier alpha value is -0.160. The number of aliphatic hydroxyl groups is 1. The lowest BCUT2D eigenvalue weighted by molar-refractivity contribution is -0.101. The van der Waals surface area contributed by atoms with Crippen LogP contribution in [0.1, 0.15) is 46.0 Å². The van der Waals surface area contributed by atoms with Crippen LogP contribution in [0.2, 0.25) is 0 Å². The highest BCUT2D eigenvalue weighted by Gasteiger charge is 2.48. The largest absolute Gasteiger partial charge is 0.389 e. The lowest BCUT2D eigenvalue weighted by Gasteiger charge is -2.51. The van der Waals surface area contributed by atoms with Crippen molar-refractivity contribution < 1.29 is 14.6 Å². The summed E-state index contributed by atoms with van der Waals surface area (Å²) in [4.78, 5) is 0. The zero-order valence-corrected chi connectivity index (χ0v) is 12.5. The molecule has 4 nitrogen and oxygen atoms in total. The van der Waals surface area contributed by atoms with Gasteiger partial charge in [0.1, 0.15) is 0 Å². The van der Waals surface area contributed by atoms with Crippen molar-refractivity contribution in [3.05, 3.63) is 0 Å². The molecule has 3 unspecified atom stereocenters. The minimum atomic E-state index is -0.405. The van der Waals surface area contributed by atoms with Crippen LogP contribution in [-0.2, 0) is 9.47 Å². The molecule has 0 amide bonds. The zero-order chi connectivity index (χ0) is 13.9. The molecule has 112 valence electrons. The summed E-state index contributed by atoms with van der Waals surface area (Å²) in [5, 5.41) is 13.4. The van der Waals surface area contributed by atoms with Crippen LogP contribution >= 0.6 is 0 Å². The fourth-order valence-corrected chi connectivity index (χ4v) is 3.27. The number of ether oxygens (including phenoxy) is 2. The first-order valence-corrected chi connectivity index (χ1v) is 7.60. The molecule has 0 bridgehead atoms. The summed E-state index contributed by atoms with van der Waals surface area (Å²) < 4.78 is 11.2.